The van der Waals surface area contributed by atoms with Crippen molar-refractivity contribution in [3.8, 4) is 22.4 Å². The van der Waals surface area contributed by atoms with Gasteiger partial charge in [-0.2, -0.15) is 0 Å². The number of carbonyl (C=O) groups excluding carboxylic acids is 1. The second-order valence-electron chi connectivity index (χ2n) is 8.46. The molecule has 5 nitrogen and oxygen atoms in total. The number of carbonyl (C=O) groups is 1. The Labute approximate surface area is 186 Å². The molecule has 0 atom stereocenters. The maximum absolute atomic E-state index is 13.8. The first-order chi connectivity index (χ1) is 15.6. The van der Waals surface area contributed by atoms with Crippen molar-refractivity contribution in [1.82, 2.24) is 19.7 Å². The molecule has 1 aromatic carbocycles. The zero-order chi connectivity index (χ0) is 22.1. The Hall–Kier alpha value is -3.54. The average Bonchev–Trinajstić information content (AvgIpc) is 3.25. The summed E-state index contributed by atoms with van der Waals surface area (Å²) in [6.07, 6.45) is 10.9. The standard InChI is InChI=1S/C26H25FN4O/c1-17-14-18(9-11-22(17)27)25-21(8-5-13-28-25)19-10-12-24-29-15-23(31(24)16-19)26(32)30-20-6-3-2-4-7-20/h5,8-16,20H,2-4,6-7H2,1H3,(H,30,32). The number of halogens is 1. The van der Waals surface area contributed by atoms with Crippen LogP contribution in [0.25, 0.3) is 28.0 Å². The molecule has 0 aliphatic heterocycles. The van der Waals surface area contributed by atoms with Crippen molar-refractivity contribution in [3.63, 3.8) is 0 Å². The Kier molecular flexibility index (Phi) is 5.43. The van der Waals surface area contributed by atoms with Crippen LogP contribution in [0.1, 0.15) is 48.2 Å². The zero-order valence-electron chi connectivity index (χ0n) is 18.0. The van der Waals surface area contributed by atoms with E-state index in [0.717, 1.165) is 48.1 Å². The van der Waals surface area contributed by atoms with Gasteiger partial charge >= 0.3 is 0 Å². The third kappa shape index (κ3) is 3.88. The molecule has 6 heteroatoms. The minimum Gasteiger partial charge on any atom is -0.348 e. The number of pyridine rings is 2. The molecule has 1 fully saturated rings. The molecule has 1 aliphatic carbocycles. The first-order valence-corrected chi connectivity index (χ1v) is 11.1. The lowest BCUT2D eigenvalue weighted by Gasteiger charge is -2.22. The van der Waals surface area contributed by atoms with Crippen molar-refractivity contribution in [3.05, 3.63) is 78.1 Å². The number of hydrogen-bond acceptors (Lipinski definition) is 3. The number of rotatable bonds is 4. The highest BCUT2D eigenvalue weighted by Crippen LogP contribution is 2.31. The van der Waals surface area contributed by atoms with Crippen molar-refractivity contribution >= 4 is 11.6 Å². The normalized spacial score (nSPS) is 14.6. The molecule has 162 valence electrons. The Bertz CT molecular complexity index is 1290. The van der Waals surface area contributed by atoms with E-state index in [9.17, 15) is 9.18 Å². The molecule has 0 radical (unpaired) electrons. The van der Waals surface area contributed by atoms with Crippen LogP contribution in [-0.4, -0.2) is 26.3 Å². The van der Waals surface area contributed by atoms with Crippen molar-refractivity contribution in [2.75, 3.05) is 0 Å². The lowest BCUT2D eigenvalue weighted by atomic mass is 9.95. The van der Waals surface area contributed by atoms with E-state index < -0.39 is 0 Å². The Morgan fingerprint density at radius 2 is 1.88 bits per heavy atom. The quantitative estimate of drug-likeness (QED) is 0.462. The van der Waals surface area contributed by atoms with Gasteiger partial charge in [0.05, 0.1) is 11.9 Å². The van der Waals surface area contributed by atoms with Crippen LogP contribution in [0, 0.1) is 12.7 Å². The van der Waals surface area contributed by atoms with Gasteiger partial charge in [0, 0.05) is 35.1 Å². The number of hydrogen-bond donors (Lipinski definition) is 1. The molecule has 3 heterocycles. The predicted octanol–water partition coefficient (Wildman–Crippen LogP) is 5.57. The van der Waals surface area contributed by atoms with Crippen LogP contribution < -0.4 is 5.32 Å². The summed E-state index contributed by atoms with van der Waals surface area (Å²) < 4.78 is 15.6. The smallest absolute Gasteiger partial charge is 0.270 e. The second-order valence-corrected chi connectivity index (χ2v) is 8.46. The Morgan fingerprint density at radius 1 is 1.06 bits per heavy atom. The number of aromatic nitrogens is 3. The summed E-state index contributed by atoms with van der Waals surface area (Å²) in [7, 11) is 0. The van der Waals surface area contributed by atoms with Crippen LogP contribution in [0.2, 0.25) is 0 Å². The summed E-state index contributed by atoms with van der Waals surface area (Å²) in [6.45, 7) is 1.75. The molecule has 0 spiro atoms. The van der Waals surface area contributed by atoms with Gasteiger partial charge in [0.15, 0.2) is 0 Å². The van der Waals surface area contributed by atoms with Gasteiger partial charge in [-0.05, 0) is 61.7 Å². The largest absolute Gasteiger partial charge is 0.348 e. The molecule has 1 saturated carbocycles. The van der Waals surface area contributed by atoms with E-state index >= 15 is 0 Å². The first-order valence-electron chi connectivity index (χ1n) is 11.1. The van der Waals surface area contributed by atoms with Crippen molar-refractivity contribution in [1.29, 1.82) is 0 Å². The highest BCUT2D eigenvalue weighted by molar-refractivity contribution is 5.93. The van der Waals surface area contributed by atoms with E-state index in [1.165, 1.54) is 12.5 Å². The van der Waals surface area contributed by atoms with E-state index in [4.69, 9.17) is 0 Å². The monoisotopic (exact) mass is 428 g/mol. The number of imidazole rings is 1. The minimum atomic E-state index is -0.236. The van der Waals surface area contributed by atoms with Gasteiger partial charge in [-0.1, -0.05) is 25.3 Å². The number of aryl methyl sites for hydroxylation is 1. The fraction of sp³-hybridized carbons (Fsp3) is 0.269. The van der Waals surface area contributed by atoms with Crippen molar-refractivity contribution < 1.29 is 9.18 Å². The topological polar surface area (TPSA) is 59.3 Å². The number of amides is 1. The van der Waals surface area contributed by atoms with Gasteiger partial charge in [-0.25, -0.2) is 9.37 Å². The van der Waals surface area contributed by atoms with Crippen molar-refractivity contribution in [2.24, 2.45) is 0 Å². The van der Waals surface area contributed by atoms with Crippen LogP contribution in [0.15, 0.2) is 61.1 Å². The van der Waals surface area contributed by atoms with Crippen molar-refractivity contribution in [2.45, 2.75) is 45.1 Å². The summed E-state index contributed by atoms with van der Waals surface area (Å²) in [4.78, 5) is 22.0. The van der Waals surface area contributed by atoms with Crippen LogP contribution in [0.3, 0.4) is 0 Å². The second kappa shape index (κ2) is 8.54. The van der Waals surface area contributed by atoms with Gasteiger partial charge in [-0.15, -0.1) is 0 Å². The molecule has 5 rings (SSSR count). The van der Waals surface area contributed by atoms with Gasteiger partial charge in [0.2, 0.25) is 0 Å². The number of fused-ring (bicyclic) bond motifs is 1. The molecule has 1 aliphatic rings. The van der Waals surface area contributed by atoms with Gasteiger partial charge < -0.3 is 5.32 Å². The molecule has 4 aromatic rings. The minimum absolute atomic E-state index is 0.0953. The summed E-state index contributed by atoms with van der Waals surface area (Å²) in [5.41, 5.74) is 5.25. The number of benzene rings is 1. The highest BCUT2D eigenvalue weighted by atomic mass is 19.1. The van der Waals surface area contributed by atoms with Crippen LogP contribution in [0.5, 0.6) is 0 Å². The molecular formula is C26H25FN4O. The summed E-state index contributed by atoms with van der Waals surface area (Å²) in [5.74, 6) is -0.332. The highest BCUT2D eigenvalue weighted by Gasteiger charge is 2.19. The zero-order valence-corrected chi connectivity index (χ0v) is 18.0. The predicted molar refractivity (Wildman–Crippen MR) is 123 cm³/mol. The lowest BCUT2D eigenvalue weighted by molar-refractivity contribution is 0.0922. The van der Waals surface area contributed by atoms with Crippen LogP contribution >= 0.6 is 0 Å². The van der Waals surface area contributed by atoms with Crippen LogP contribution in [0.4, 0.5) is 4.39 Å². The van der Waals surface area contributed by atoms with Gasteiger partial charge in [0.25, 0.3) is 5.91 Å². The molecule has 0 saturated heterocycles. The third-order valence-electron chi connectivity index (χ3n) is 6.23. The van der Waals surface area contributed by atoms with E-state index in [1.54, 1.807) is 31.5 Å². The first kappa shape index (κ1) is 20.4. The Morgan fingerprint density at radius 3 is 2.69 bits per heavy atom. The molecule has 1 N–H and O–H groups in total. The summed E-state index contributed by atoms with van der Waals surface area (Å²) in [5, 5.41) is 3.17. The van der Waals surface area contributed by atoms with E-state index in [2.05, 4.69) is 15.3 Å². The Balaban J connectivity index is 1.52. The SMILES string of the molecule is Cc1cc(-c2ncccc2-c2ccc3ncc(C(=O)NC4CCCCC4)n3c2)ccc1F. The number of nitrogens with one attached hydrogen (secondary N) is 1. The van der Waals surface area contributed by atoms with E-state index in [-0.39, 0.29) is 17.8 Å². The molecule has 3 aromatic heterocycles. The summed E-state index contributed by atoms with van der Waals surface area (Å²) in [6, 6.07) is 13.0. The average molecular weight is 429 g/mol. The molecule has 0 unspecified atom stereocenters. The fourth-order valence-corrected chi connectivity index (χ4v) is 4.47. The van der Waals surface area contributed by atoms with Gasteiger partial charge in [0.1, 0.15) is 17.2 Å². The fourth-order valence-electron chi connectivity index (χ4n) is 4.47. The third-order valence-corrected chi connectivity index (χ3v) is 6.23. The van der Waals surface area contributed by atoms with E-state index in [0.29, 0.717) is 16.9 Å². The maximum atomic E-state index is 13.8. The maximum Gasteiger partial charge on any atom is 0.270 e. The lowest BCUT2D eigenvalue weighted by Crippen LogP contribution is -2.36. The summed E-state index contributed by atoms with van der Waals surface area (Å²) >= 11 is 0. The van der Waals surface area contributed by atoms with E-state index in [1.807, 2.05) is 34.9 Å². The number of nitrogens with zero attached hydrogens (tertiary/aromatic N) is 3. The molecule has 1 amide bonds. The molecule has 0 bridgehead atoms. The molecule has 32 heavy (non-hydrogen) atoms. The van der Waals surface area contributed by atoms with Gasteiger partial charge in [-0.3, -0.25) is 14.2 Å². The van der Waals surface area contributed by atoms with Crippen LogP contribution in [-0.2, 0) is 0 Å². The molecular weight excluding hydrogens is 403 g/mol.